The van der Waals surface area contributed by atoms with Gasteiger partial charge in [0.05, 0.1) is 6.54 Å². The number of nitrogens with one attached hydrogen (secondary N) is 1. The number of carbonyl (C=O) groups is 2. The maximum absolute atomic E-state index is 12.2. The molecule has 2 rings (SSSR count). The van der Waals surface area contributed by atoms with Gasteiger partial charge in [0, 0.05) is 6.54 Å². The Morgan fingerprint density at radius 2 is 1.94 bits per heavy atom. The molecule has 1 atom stereocenters. The normalized spacial score (nSPS) is 28.1. The molecule has 1 unspecified atom stereocenters. The average molecular weight is 252 g/mol. The summed E-state index contributed by atoms with van der Waals surface area (Å²) in [6, 6.07) is -0.307. The van der Waals surface area contributed by atoms with Gasteiger partial charge in [-0.25, -0.2) is 0 Å². The quantitative estimate of drug-likeness (QED) is 0.831. The van der Waals surface area contributed by atoms with Crippen LogP contribution in [0.2, 0.25) is 0 Å². The van der Waals surface area contributed by atoms with Gasteiger partial charge in [0.1, 0.15) is 6.04 Å². The number of carbonyl (C=O) groups excluding carboxylic acids is 2. The van der Waals surface area contributed by atoms with Crippen molar-refractivity contribution in [3.8, 4) is 0 Å². The van der Waals surface area contributed by atoms with E-state index in [0.29, 0.717) is 6.42 Å². The Morgan fingerprint density at radius 1 is 1.28 bits per heavy atom. The second-order valence-corrected chi connectivity index (χ2v) is 6.09. The molecule has 2 aliphatic rings. The minimum atomic E-state index is -0.307. The summed E-state index contributed by atoms with van der Waals surface area (Å²) in [5.41, 5.74) is 0.212. The van der Waals surface area contributed by atoms with Gasteiger partial charge in [0.15, 0.2) is 0 Å². The van der Waals surface area contributed by atoms with Gasteiger partial charge >= 0.3 is 0 Å². The zero-order valence-electron chi connectivity index (χ0n) is 11.5. The van der Waals surface area contributed by atoms with E-state index < -0.39 is 0 Å². The lowest BCUT2D eigenvalue weighted by Crippen LogP contribution is -2.59. The monoisotopic (exact) mass is 252 g/mol. The molecule has 0 bridgehead atoms. The topological polar surface area (TPSA) is 49.4 Å². The van der Waals surface area contributed by atoms with Crippen molar-refractivity contribution in [2.45, 2.75) is 58.4 Å². The molecule has 1 saturated heterocycles. The minimum absolute atomic E-state index is 0.0131. The van der Waals surface area contributed by atoms with E-state index in [1.807, 2.05) is 6.92 Å². The summed E-state index contributed by atoms with van der Waals surface area (Å²) < 4.78 is 0. The first-order valence-electron chi connectivity index (χ1n) is 7.12. The van der Waals surface area contributed by atoms with Crippen molar-refractivity contribution in [2.24, 2.45) is 5.41 Å². The van der Waals surface area contributed by atoms with E-state index in [2.05, 4.69) is 12.2 Å². The Labute approximate surface area is 109 Å². The molecule has 1 N–H and O–H groups in total. The molecule has 1 aliphatic heterocycles. The largest absolute Gasteiger partial charge is 0.343 e. The molecule has 2 amide bonds. The minimum Gasteiger partial charge on any atom is -0.343 e. The second kappa shape index (κ2) is 5.29. The van der Waals surface area contributed by atoms with Crippen LogP contribution in [-0.2, 0) is 9.59 Å². The molecule has 2 fully saturated rings. The Bertz CT molecular complexity index is 335. The lowest BCUT2D eigenvalue weighted by Gasteiger charge is -2.41. The summed E-state index contributed by atoms with van der Waals surface area (Å²) in [6.45, 7) is 5.18. The highest BCUT2D eigenvalue weighted by atomic mass is 16.2. The van der Waals surface area contributed by atoms with E-state index in [4.69, 9.17) is 0 Å². The molecule has 0 aromatic rings. The van der Waals surface area contributed by atoms with E-state index >= 15 is 0 Å². The molecular weight excluding hydrogens is 228 g/mol. The molecule has 102 valence electrons. The summed E-state index contributed by atoms with van der Waals surface area (Å²) in [5, 5.41) is 2.77. The molecule has 1 heterocycles. The third kappa shape index (κ3) is 2.85. The van der Waals surface area contributed by atoms with E-state index in [1.165, 1.54) is 32.1 Å². The zero-order chi connectivity index (χ0) is 13.2. The molecule has 0 radical (unpaired) electrons. The first kappa shape index (κ1) is 13.4. The van der Waals surface area contributed by atoms with Crippen LogP contribution in [0, 0.1) is 5.41 Å². The number of amides is 2. The van der Waals surface area contributed by atoms with Crippen molar-refractivity contribution < 1.29 is 9.59 Å². The van der Waals surface area contributed by atoms with Crippen molar-refractivity contribution in [3.63, 3.8) is 0 Å². The zero-order valence-corrected chi connectivity index (χ0v) is 11.5. The molecule has 1 aliphatic carbocycles. The molecule has 4 nitrogen and oxygen atoms in total. The maximum atomic E-state index is 12.2. The number of nitrogens with zero attached hydrogens (tertiary/aromatic N) is 1. The summed E-state index contributed by atoms with van der Waals surface area (Å²) in [7, 11) is 0. The van der Waals surface area contributed by atoms with Crippen LogP contribution in [0.4, 0.5) is 0 Å². The molecule has 0 spiro atoms. The van der Waals surface area contributed by atoms with Gasteiger partial charge in [-0.05, 0) is 24.7 Å². The highest BCUT2D eigenvalue weighted by Gasteiger charge is 2.36. The highest BCUT2D eigenvalue weighted by Crippen LogP contribution is 2.36. The van der Waals surface area contributed by atoms with Gasteiger partial charge in [0.2, 0.25) is 11.8 Å². The molecular formula is C14H24N2O2. The average Bonchev–Trinajstić information content (AvgIpc) is 2.34. The predicted molar refractivity (Wildman–Crippen MR) is 70.0 cm³/mol. The summed E-state index contributed by atoms with van der Waals surface area (Å²) in [6.07, 6.45) is 6.84. The van der Waals surface area contributed by atoms with Crippen LogP contribution in [0.25, 0.3) is 0 Å². The smallest absolute Gasteiger partial charge is 0.245 e. The van der Waals surface area contributed by atoms with Crippen molar-refractivity contribution in [1.82, 2.24) is 10.2 Å². The summed E-state index contributed by atoms with van der Waals surface area (Å²) >= 11 is 0. The molecule has 4 heteroatoms. The van der Waals surface area contributed by atoms with Crippen LogP contribution < -0.4 is 5.32 Å². The van der Waals surface area contributed by atoms with Crippen LogP contribution in [0.3, 0.4) is 0 Å². The van der Waals surface area contributed by atoms with Crippen molar-refractivity contribution >= 4 is 11.8 Å². The fraction of sp³-hybridized carbons (Fsp3) is 0.857. The van der Waals surface area contributed by atoms with Gasteiger partial charge < -0.3 is 10.2 Å². The van der Waals surface area contributed by atoms with Gasteiger partial charge in [0.25, 0.3) is 0 Å². The number of hydrogen-bond donors (Lipinski definition) is 1. The third-order valence-corrected chi connectivity index (χ3v) is 4.32. The number of rotatable bonds is 3. The lowest BCUT2D eigenvalue weighted by atomic mass is 9.75. The maximum Gasteiger partial charge on any atom is 0.245 e. The van der Waals surface area contributed by atoms with Crippen LogP contribution in [-0.4, -0.2) is 35.8 Å². The first-order chi connectivity index (χ1) is 8.54. The Hall–Kier alpha value is -1.06. The SMILES string of the molecule is CCC1NC(=O)CN(CC2(C)CCCCC2)C1=O. The molecule has 0 aromatic heterocycles. The fourth-order valence-electron chi connectivity index (χ4n) is 3.21. The van der Waals surface area contributed by atoms with Crippen LogP contribution in [0.5, 0.6) is 0 Å². The summed E-state index contributed by atoms with van der Waals surface area (Å²) in [4.78, 5) is 25.6. The number of piperazine rings is 1. The third-order valence-electron chi connectivity index (χ3n) is 4.32. The fourth-order valence-corrected chi connectivity index (χ4v) is 3.21. The van der Waals surface area contributed by atoms with Gasteiger partial charge in [-0.2, -0.15) is 0 Å². The van der Waals surface area contributed by atoms with E-state index in [-0.39, 0.29) is 29.8 Å². The van der Waals surface area contributed by atoms with Gasteiger partial charge in [-0.15, -0.1) is 0 Å². The standard InChI is InChI=1S/C14H24N2O2/c1-3-11-13(18)16(9-12(17)15-11)10-14(2)7-5-4-6-8-14/h11H,3-10H2,1-2H3,(H,15,17). The van der Waals surface area contributed by atoms with E-state index in [0.717, 1.165) is 6.54 Å². The van der Waals surface area contributed by atoms with E-state index in [9.17, 15) is 9.59 Å². The number of hydrogen-bond acceptors (Lipinski definition) is 2. The molecule has 0 aromatic carbocycles. The lowest BCUT2D eigenvalue weighted by molar-refractivity contribution is -0.146. The van der Waals surface area contributed by atoms with Crippen molar-refractivity contribution in [1.29, 1.82) is 0 Å². The summed E-state index contributed by atoms with van der Waals surface area (Å²) in [5.74, 6) is 0.0877. The van der Waals surface area contributed by atoms with Crippen LogP contribution >= 0.6 is 0 Å². The van der Waals surface area contributed by atoms with Gasteiger partial charge in [-0.3, -0.25) is 9.59 Å². The van der Waals surface area contributed by atoms with Crippen molar-refractivity contribution in [2.75, 3.05) is 13.1 Å². The Balaban J connectivity index is 2.02. The Morgan fingerprint density at radius 3 is 2.56 bits per heavy atom. The first-order valence-corrected chi connectivity index (χ1v) is 7.12. The molecule has 1 saturated carbocycles. The van der Waals surface area contributed by atoms with Crippen LogP contribution in [0.1, 0.15) is 52.4 Å². The Kier molecular flexibility index (Phi) is 3.93. The van der Waals surface area contributed by atoms with Crippen LogP contribution in [0.15, 0.2) is 0 Å². The van der Waals surface area contributed by atoms with Crippen molar-refractivity contribution in [3.05, 3.63) is 0 Å². The second-order valence-electron chi connectivity index (χ2n) is 6.09. The molecule has 18 heavy (non-hydrogen) atoms. The highest BCUT2D eigenvalue weighted by molar-refractivity contribution is 5.94. The van der Waals surface area contributed by atoms with Gasteiger partial charge in [-0.1, -0.05) is 33.1 Å². The van der Waals surface area contributed by atoms with E-state index in [1.54, 1.807) is 4.90 Å². The predicted octanol–water partition coefficient (Wildman–Crippen LogP) is 1.69.